The second kappa shape index (κ2) is 3.86. The number of anilines is 1. The summed E-state index contributed by atoms with van der Waals surface area (Å²) in [5, 5.41) is 2.34. The van der Waals surface area contributed by atoms with Crippen molar-refractivity contribution in [3.05, 3.63) is 29.6 Å². The number of primary amides is 1. The summed E-state index contributed by atoms with van der Waals surface area (Å²) in [5.74, 6) is -0.393. The van der Waals surface area contributed by atoms with E-state index in [9.17, 15) is 9.18 Å². The molecular weight excluding hydrogens is 173 g/mol. The van der Waals surface area contributed by atoms with Gasteiger partial charge in [0.2, 0.25) is 0 Å². The number of amides is 2. The Labute approximate surface area is 74.7 Å². The minimum absolute atomic E-state index is 0.146. The lowest BCUT2D eigenvalue weighted by Gasteiger charge is -2.07. The number of halogens is 1. The highest BCUT2D eigenvalue weighted by Gasteiger charge is 2.03. The maximum absolute atomic E-state index is 12.7. The van der Waals surface area contributed by atoms with Gasteiger partial charge in [0.1, 0.15) is 5.82 Å². The lowest BCUT2D eigenvalue weighted by atomic mass is 10.2. The van der Waals surface area contributed by atoms with Crippen LogP contribution >= 0.6 is 0 Å². The molecule has 0 atom stereocenters. The van der Waals surface area contributed by atoms with Crippen LogP contribution in [0.5, 0.6) is 0 Å². The van der Waals surface area contributed by atoms with Crippen molar-refractivity contribution in [2.45, 2.75) is 6.54 Å². The molecule has 0 bridgehead atoms. The smallest absolute Gasteiger partial charge is 0.316 e. The molecule has 5 heteroatoms. The molecule has 70 valence electrons. The van der Waals surface area contributed by atoms with Gasteiger partial charge in [0.25, 0.3) is 0 Å². The summed E-state index contributed by atoms with van der Waals surface area (Å²) >= 11 is 0. The third kappa shape index (κ3) is 2.41. The molecule has 4 nitrogen and oxygen atoms in total. The molecule has 0 fully saturated rings. The molecule has 0 aromatic heterocycles. The Morgan fingerprint density at radius 2 is 2.23 bits per heavy atom. The number of benzene rings is 1. The Kier molecular flexibility index (Phi) is 2.81. The van der Waals surface area contributed by atoms with E-state index in [2.05, 4.69) is 5.32 Å². The number of hydrogen-bond acceptors (Lipinski definition) is 2. The van der Waals surface area contributed by atoms with Gasteiger partial charge in [-0.1, -0.05) is 0 Å². The summed E-state index contributed by atoms with van der Waals surface area (Å²) in [6.07, 6.45) is 0. The SMILES string of the molecule is NCc1cc(F)ccc1NC(N)=O. The van der Waals surface area contributed by atoms with Crippen molar-refractivity contribution in [2.24, 2.45) is 11.5 Å². The number of carbonyl (C=O) groups excluding carboxylic acids is 1. The number of nitrogens with two attached hydrogens (primary N) is 2. The number of hydrogen-bond donors (Lipinski definition) is 3. The molecule has 0 saturated heterocycles. The van der Waals surface area contributed by atoms with Gasteiger partial charge in [-0.25, -0.2) is 9.18 Å². The van der Waals surface area contributed by atoms with Crippen LogP contribution in [0, 0.1) is 5.82 Å². The fourth-order valence-corrected chi connectivity index (χ4v) is 0.986. The van der Waals surface area contributed by atoms with E-state index in [1.807, 2.05) is 0 Å². The molecule has 0 radical (unpaired) electrons. The molecular formula is C8H10FN3O. The van der Waals surface area contributed by atoms with Gasteiger partial charge in [-0.15, -0.1) is 0 Å². The van der Waals surface area contributed by atoms with E-state index >= 15 is 0 Å². The zero-order chi connectivity index (χ0) is 9.84. The van der Waals surface area contributed by atoms with Gasteiger partial charge < -0.3 is 16.8 Å². The highest BCUT2D eigenvalue weighted by Crippen LogP contribution is 2.15. The van der Waals surface area contributed by atoms with Gasteiger partial charge in [0.05, 0.1) is 0 Å². The molecule has 0 aliphatic rings. The quantitative estimate of drug-likeness (QED) is 0.633. The average Bonchev–Trinajstić information content (AvgIpc) is 2.07. The number of urea groups is 1. The molecule has 0 saturated carbocycles. The number of carbonyl (C=O) groups is 1. The summed E-state index contributed by atoms with van der Waals surface area (Å²) < 4.78 is 12.7. The Hall–Kier alpha value is -1.62. The van der Waals surface area contributed by atoms with Crippen molar-refractivity contribution in [1.29, 1.82) is 0 Å². The summed E-state index contributed by atoms with van der Waals surface area (Å²) in [7, 11) is 0. The minimum atomic E-state index is -0.693. The van der Waals surface area contributed by atoms with Crippen LogP contribution < -0.4 is 16.8 Å². The van der Waals surface area contributed by atoms with Crippen LogP contribution in [-0.2, 0) is 6.54 Å². The fraction of sp³-hybridized carbons (Fsp3) is 0.125. The molecule has 0 aliphatic heterocycles. The van der Waals surface area contributed by atoms with Gasteiger partial charge in [0, 0.05) is 12.2 Å². The predicted molar refractivity (Wildman–Crippen MR) is 47.5 cm³/mol. The third-order valence-corrected chi connectivity index (χ3v) is 1.55. The zero-order valence-corrected chi connectivity index (χ0v) is 6.88. The molecule has 13 heavy (non-hydrogen) atoms. The molecule has 0 heterocycles. The lowest BCUT2D eigenvalue weighted by molar-refractivity contribution is 0.259. The largest absolute Gasteiger partial charge is 0.351 e. The van der Waals surface area contributed by atoms with Crippen LogP contribution in [0.15, 0.2) is 18.2 Å². The minimum Gasteiger partial charge on any atom is -0.351 e. The van der Waals surface area contributed by atoms with Gasteiger partial charge >= 0.3 is 6.03 Å². The zero-order valence-electron chi connectivity index (χ0n) is 6.88. The van der Waals surface area contributed by atoms with Gasteiger partial charge in [-0.05, 0) is 23.8 Å². The standard InChI is InChI=1S/C8H10FN3O/c9-6-1-2-7(12-8(11)13)5(3-6)4-10/h1-3H,4,10H2,(H3,11,12,13). The first-order chi connectivity index (χ1) is 6.13. The fourth-order valence-electron chi connectivity index (χ4n) is 0.986. The Morgan fingerprint density at radius 1 is 1.54 bits per heavy atom. The van der Waals surface area contributed by atoms with E-state index in [4.69, 9.17) is 11.5 Å². The lowest BCUT2D eigenvalue weighted by Crippen LogP contribution is -2.20. The first-order valence-electron chi connectivity index (χ1n) is 3.68. The van der Waals surface area contributed by atoms with Gasteiger partial charge in [-0.3, -0.25) is 0 Å². The molecule has 0 spiro atoms. The second-order valence-corrected chi connectivity index (χ2v) is 2.49. The molecule has 1 rings (SSSR count). The van der Waals surface area contributed by atoms with E-state index in [1.54, 1.807) is 0 Å². The van der Waals surface area contributed by atoms with Crippen LogP contribution in [0.4, 0.5) is 14.9 Å². The number of rotatable bonds is 2. The first kappa shape index (κ1) is 9.47. The molecule has 0 unspecified atom stereocenters. The predicted octanol–water partition coefficient (Wildman–Crippen LogP) is 0.775. The third-order valence-electron chi connectivity index (χ3n) is 1.55. The normalized spacial score (nSPS) is 9.69. The summed E-state index contributed by atoms with van der Waals surface area (Å²) in [4.78, 5) is 10.5. The van der Waals surface area contributed by atoms with E-state index < -0.39 is 11.8 Å². The Morgan fingerprint density at radius 3 is 2.77 bits per heavy atom. The second-order valence-electron chi connectivity index (χ2n) is 2.49. The molecule has 5 N–H and O–H groups in total. The Bertz CT molecular complexity index is 327. The van der Waals surface area contributed by atoms with Gasteiger partial charge in [0.15, 0.2) is 0 Å². The molecule has 2 amide bonds. The van der Waals surface area contributed by atoms with Crippen molar-refractivity contribution in [3.8, 4) is 0 Å². The summed E-state index contributed by atoms with van der Waals surface area (Å²) in [5.41, 5.74) is 11.2. The van der Waals surface area contributed by atoms with Crippen molar-refractivity contribution in [3.63, 3.8) is 0 Å². The topological polar surface area (TPSA) is 81.1 Å². The van der Waals surface area contributed by atoms with Crippen molar-refractivity contribution in [2.75, 3.05) is 5.32 Å². The van der Waals surface area contributed by atoms with Crippen molar-refractivity contribution >= 4 is 11.7 Å². The maximum Gasteiger partial charge on any atom is 0.316 e. The van der Waals surface area contributed by atoms with E-state index in [0.29, 0.717) is 11.3 Å². The maximum atomic E-state index is 12.7. The monoisotopic (exact) mass is 183 g/mol. The van der Waals surface area contributed by atoms with Crippen LogP contribution in [0.25, 0.3) is 0 Å². The first-order valence-corrected chi connectivity index (χ1v) is 3.68. The Balaban J connectivity index is 2.99. The highest BCUT2D eigenvalue weighted by atomic mass is 19.1. The van der Waals surface area contributed by atoms with Crippen molar-refractivity contribution in [1.82, 2.24) is 0 Å². The molecule has 1 aromatic rings. The van der Waals surface area contributed by atoms with E-state index in [0.717, 1.165) is 0 Å². The summed E-state index contributed by atoms with van der Waals surface area (Å²) in [6, 6.07) is 3.21. The van der Waals surface area contributed by atoms with Gasteiger partial charge in [-0.2, -0.15) is 0 Å². The van der Waals surface area contributed by atoms with Crippen LogP contribution in [0.2, 0.25) is 0 Å². The molecule has 0 aliphatic carbocycles. The van der Waals surface area contributed by atoms with E-state index in [1.165, 1.54) is 18.2 Å². The average molecular weight is 183 g/mol. The highest BCUT2D eigenvalue weighted by molar-refractivity contribution is 5.88. The van der Waals surface area contributed by atoms with Crippen LogP contribution in [-0.4, -0.2) is 6.03 Å². The van der Waals surface area contributed by atoms with Crippen LogP contribution in [0.1, 0.15) is 5.56 Å². The molecule has 1 aromatic carbocycles. The summed E-state index contributed by atoms with van der Waals surface area (Å²) in [6.45, 7) is 0.146. The van der Waals surface area contributed by atoms with Crippen molar-refractivity contribution < 1.29 is 9.18 Å². The number of nitrogens with one attached hydrogen (secondary N) is 1. The van der Waals surface area contributed by atoms with Crippen LogP contribution in [0.3, 0.4) is 0 Å². The van der Waals surface area contributed by atoms with E-state index in [-0.39, 0.29) is 6.54 Å².